The molecule has 3 atom stereocenters. The minimum Gasteiger partial charge on any atom is -0.507 e. The molecule has 7 heteroatoms. The second-order valence-corrected chi connectivity index (χ2v) is 7.78. The Kier molecular flexibility index (Phi) is 6.21. The van der Waals surface area contributed by atoms with E-state index in [-0.39, 0.29) is 35.1 Å². The van der Waals surface area contributed by atoms with Gasteiger partial charge in [0.2, 0.25) is 11.8 Å². The van der Waals surface area contributed by atoms with Crippen LogP contribution in [-0.4, -0.2) is 63.8 Å². The normalized spacial score (nSPS) is 23.4. The van der Waals surface area contributed by atoms with Crippen LogP contribution in [0.15, 0.2) is 24.3 Å². The zero-order chi connectivity index (χ0) is 20.3. The SMILES string of the molecule is CC(NC(=O)C1CCCN1C(=O)c1ccccc1O)C(=O)N1CCCCC1C. The molecule has 28 heavy (non-hydrogen) atoms. The minimum absolute atomic E-state index is 0.0721. The standard InChI is InChI=1S/C21H29N3O4/c1-14-8-5-6-12-23(14)20(27)15(2)22-19(26)17-10-7-13-24(17)21(28)16-9-3-4-11-18(16)25/h3-4,9,11,14-15,17,25H,5-8,10,12-13H2,1-2H3,(H,22,26). The monoisotopic (exact) mass is 387 g/mol. The van der Waals surface area contributed by atoms with Gasteiger partial charge < -0.3 is 20.2 Å². The van der Waals surface area contributed by atoms with Crippen LogP contribution >= 0.6 is 0 Å². The Morgan fingerprint density at radius 3 is 2.50 bits per heavy atom. The third-order valence-electron chi connectivity index (χ3n) is 5.77. The Hall–Kier alpha value is -2.57. The molecular formula is C21H29N3O4. The molecule has 7 nitrogen and oxygen atoms in total. The average molecular weight is 387 g/mol. The number of piperidine rings is 1. The number of aromatic hydroxyl groups is 1. The number of nitrogens with one attached hydrogen (secondary N) is 1. The van der Waals surface area contributed by atoms with Gasteiger partial charge in [-0.1, -0.05) is 12.1 Å². The van der Waals surface area contributed by atoms with Gasteiger partial charge in [0, 0.05) is 19.1 Å². The van der Waals surface area contributed by atoms with E-state index < -0.39 is 12.1 Å². The molecular weight excluding hydrogens is 358 g/mol. The molecule has 2 fully saturated rings. The van der Waals surface area contributed by atoms with E-state index in [2.05, 4.69) is 5.32 Å². The van der Waals surface area contributed by atoms with E-state index in [0.29, 0.717) is 19.4 Å². The van der Waals surface area contributed by atoms with Gasteiger partial charge in [-0.25, -0.2) is 0 Å². The number of likely N-dealkylation sites (tertiary alicyclic amines) is 2. The molecule has 0 aliphatic carbocycles. The number of nitrogens with zero attached hydrogens (tertiary/aromatic N) is 2. The first-order chi connectivity index (χ1) is 13.4. The van der Waals surface area contributed by atoms with Crippen molar-refractivity contribution in [3.63, 3.8) is 0 Å². The lowest BCUT2D eigenvalue weighted by molar-refractivity contribution is -0.139. The predicted molar refractivity (Wildman–Crippen MR) is 105 cm³/mol. The fourth-order valence-corrected chi connectivity index (χ4v) is 4.14. The number of benzene rings is 1. The molecule has 3 rings (SSSR count). The maximum Gasteiger partial charge on any atom is 0.258 e. The number of hydrogen-bond acceptors (Lipinski definition) is 4. The molecule has 1 aromatic carbocycles. The Morgan fingerprint density at radius 2 is 1.79 bits per heavy atom. The molecule has 0 radical (unpaired) electrons. The molecule has 3 amide bonds. The van der Waals surface area contributed by atoms with Crippen LogP contribution in [0.3, 0.4) is 0 Å². The van der Waals surface area contributed by atoms with E-state index in [0.717, 1.165) is 25.8 Å². The topological polar surface area (TPSA) is 90.0 Å². The predicted octanol–water partition coefficient (Wildman–Crippen LogP) is 1.90. The Labute approximate surface area is 165 Å². The first-order valence-corrected chi connectivity index (χ1v) is 10.1. The van der Waals surface area contributed by atoms with Crippen LogP contribution in [0, 0.1) is 0 Å². The van der Waals surface area contributed by atoms with Crippen molar-refractivity contribution in [3.05, 3.63) is 29.8 Å². The van der Waals surface area contributed by atoms with Gasteiger partial charge in [0.1, 0.15) is 17.8 Å². The lowest BCUT2D eigenvalue weighted by atomic mass is 10.0. The molecule has 2 aliphatic rings. The van der Waals surface area contributed by atoms with Crippen molar-refractivity contribution in [2.24, 2.45) is 0 Å². The molecule has 0 saturated carbocycles. The summed E-state index contributed by atoms with van der Waals surface area (Å²) in [5, 5.41) is 12.8. The van der Waals surface area contributed by atoms with Crippen LogP contribution in [0.4, 0.5) is 0 Å². The number of phenols is 1. The van der Waals surface area contributed by atoms with Crippen molar-refractivity contribution in [3.8, 4) is 5.75 Å². The van der Waals surface area contributed by atoms with Crippen LogP contribution in [0.25, 0.3) is 0 Å². The van der Waals surface area contributed by atoms with Crippen LogP contribution < -0.4 is 5.32 Å². The second-order valence-electron chi connectivity index (χ2n) is 7.78. The van der Waals surface area contributed by atoms with Gasteiger partial charge in [-0.3, -0.25) is 14.4 Å². The van der Waals surface area contributed by atoms with Crippen molar-refractivity contribution in [2.45, 2.75) is 64.1 Å². The summed E-state index contributed by atoms with van der Waals surface area (Å²) in [7, 11) is 0. The van der Waals surface area contributed by atoms with Gasteiger partial charge in [0.25, 0.3) is 5.91 Å². The molecule has 152 valence electrons. The summed E-state index contributed by atoms with van der Waals surface area (Å²) in [5.41, 5.74) is 0.188. The van der Waals surface area contributed by atoms with Crippen molar-refractivity contribution >= 4 is 17.7 Å². The summed E-state index contributed by atoms with van der Waals surface area (Å²) in [6.07, 6.45) is 4.35. The second kappa shape index (κ2) is 8.63. The van der Waals surface area contributed by atoms with Gasteiger partial charge in [-0.2, -0.15) is 0 Å². The third kappa shape index (κ3) is 4.13. The number of hydrogen-bond donors (Lipinski definition) is 2. The summed E-state index contributed by atoms with van der Waals surface area (Å²) in [4.78, 5) is 41.7. The smallest absolute Gasteiger partial charge is 0.258 e. The highest BCUT2D eigenvalue weighted by atomic mass is 16.3. The summed E-state index contributed by atoms with van der Waals surface area (Å²) < 4.78 is 0. The summed E-state index contributed by atoms with van der Waals surface area (Å²) in [6.45, 7) is 4.92. The fraction of sp³-hybridized carbons (Fsp3) is 0.571. The van der Waals surface area contributed by atoms with Crippen LogP contribution in [0.1, 0.15) is 56.3 Å². The largest absolute Gasteiger partial charge is 0.507 e. The maximum atomic E-state index is 12.8. The van der Waals surface area contributed by atoms with Crippen molar-refractivity contribution < 1.29 is 19.5 Å². The molecule has 0 spiro atoms. The molecule has 3 unspecified atom stereocenters. The van der Waals surface area contributed by atoms with Gasteiger partial charge in [-0.15, -0.1) is 0 Å². The number of rotatable bonds is 4. The van der Waals surface area contributed by atoms with E-state index >= 15 is 0 Å². The highest BCUT2D eigenvalue weighted by molar-refractivity contribution is 6.00. The van der Waals surface area contributed by atoms with E-state index in [1.165, 1.54) is 11.0 Å². The van der Waals surface area contributed by atoms with Crippen LogP contribution in [0.5, 0.6) is 5.75 Å². The van der Waals surface area contributed by atoms with Crippen molar-refractivity contribution in [1.29, 1.82) is 0 Å². The summed E-state index contributed by atoms with van der Waals surface area (Å²) in [5.74, 6) is -0.843. The average Bonchev–Trinajstić information content (AvgIpc) is 3.17. The van der Waals surface area contributed by atoms with E-state index in [1.807, 2.05) is 11.8 Å². The number of phenolic OH excluding ortho intramolecular Hbond substituents is 1. The number of amides is 3. The zero-order valence-corrected chi connectivity index (χ0v) is 16.6. The first kappa shape index (κ1) is 20.2. The van der Waals surface area contributed by atoms with Crippen LogP contribution in [0.2, 0.25) is 0 Å². The molecule has 0 bridgehead atoms. The highest BCUT2D eigenvalue weighted by Gasteiger charge is 2.37. The Bertz CT molecular complexity index is 751. The van der Waals surface area contributed by atoms with E-state index in [9.17, 15) is 19.5 Å². The number of para-hydroxylation sites is 1. The zero-order valence-electron chi connectivity index (χ0n) is 16.6. The van der Waals surface area contributed by atoms with Crippen molar-refractivity contribution in [1.82, 2.24) is 15.1 Å². The summed E-state index contributed by atoms with van der Waals surface area (Å²) in [6, 6.07) is 5.27. The van der Waals surface area contributed by atoms with Gasteiger partial charge in [0.05, 0.1) is 5.56 Å². The minimum atomic E-state index is -0.629. The number of carbonyl (C=O) groups is 3. The lowest BCUT2D eigenvalue weighted by Crippen LogP contribution is -2.54. The molecule has 1 aromatic rings. The molecule has 2 aliphatic heterocycles. The van der Waals surface area contributed by atoms with Crippen LogP contribution in [-0.2, 0) is 9.59 Å². The first-order valence-electron chi connectivity index (χ1n) is 10.1. The molecule has 2 heterocycles. The van der Waals surface area contributed by atoms with Gasteiger partial charge >= 0.3 is 0 Å². The van der Waals surface area contributed by atoms with E-state index in [1.54, 1.807) is 25.1 Å². The van der Waals surface area contributed by atoms with E-state index in [4.69, 9.17) is 0 Å². The highest BCUT2D eigenvalue weighted by Crippen LogP contribution is 2.25. The third-order valence-corrected chi connectivity index (χ3v) is 5.77. The molecule has 2 N–H and O–H groups in total. The maximum absolute atomic E-state index is 12.8. The van der Waals surface area contributed by atoms with Gasteiger partial charge in [0.15, 0.2) is 0 Å². The Morgan fingerprint density at radius 1 is 1.07 bits per heavy atom. The quantitative estimate of drug-likeness (QED) is 0.826. The molecule has 0 aromatic heterocycles. The fourth-order valence-electron chi connectivity index (χ4n) is 4.14. The lowest BCUT2D eigenvalue weighted by Gasteiger charge is -2.35. The molecule has 2 saturated heterocycles. The number of carbonyl (C=O) groups excluding carboxylic acids is 3. The summed E-state index contributed by atoms with van der Waals surface area (Å²) >= 11 is 0. The van der Waals surface area contributed by atoms with Crippen molar-refractivity contribution in [2.75, 3.05) is 13.1 Å². The Balaban J connectivity index is 1.65. The van der Waals surface area contributed by atoms with Gasteiger partial charge in [-0.05, 0) is 58.1 Å².